The second-order valence-corrected chi connectivity index (χ2v) is 5.27. The highest BCUT2D eigenvalue weighted by molar-refractivity contribution is 6.09. The molecule has 110 valence electrons. The third-order valence-electron chi connectivity index (χ3n) is 3.66. The molecule has 0 amide bonds. The second-order valence-electron chi connectivity index (χ2n) is 5.27. The number of carbonyl (C=O) groups is 2. The highest BCUT2D eigenvalue weighted by Gasteiger charge is 2.19. The Bertz CT molecular complexity index is 878. The lowest BCUT2D eigenvalue weighted by Gasteiger charge is -2.08. The molecule has 4 heterocycles. The van der Waals surface area contributed by atoms with Gasteiger partial charge in [0.05, 0.1) is 0 Å². The Morgan fingerprint density at radius 3 is 1.43 bits per heavy atom. The first-order valence-electron chi connectivity index (χ1n) is 7.19. The largest absolute Gasteiger partial charge is 0.285 e. The van der Waals surface area contributed by atoms with Gasteiger partial charge < -0.3 is 0 Å². The van der Waals surface area contributed by atoms with E-state index in [-0.39, 0.29) is 23.0 Å². The van der Waals surface area contributed by atoms with Gasteiger partial charge in [-0.2, -0.15) is 0 Å². The number of carbonyl (C=O) groups excluding carboxylic acids is 2. The number of nitrogens with zero attached hydrogens (tertiary/aromatic N) is 3. The van der Waals surface area contributed by atoms with E-state index in [2.05, 4.69) is 15.0 Å². The van der Waals surface area contributed by atoms with Gasteiger partial charge in [0.15, 0.2) is 0 Å². The Labute approximate surface area is 132 Å². The maximum absolute atomic E-state index is 12.5. The van der Waals surface area contributed by atoms with Crippen LogP contribution in [0.2, 0.25) is 0 Å². The lowest BCUT2D eigenvalue weighted by molar-refractivity contribution is 0.102. The van der Waals surface area contributed by atoms with Gasteiger partial charge in [0, 0.05) is 17.8 Å². The summed E-state index contributed by atoms with van der Waals surface area (Å²) in [5, 5.41) is 0. The molecule has 6 bridgehead atoms. The van der Waals surface area contributed by atoms with Gasteiger partial charge in [0.25, 0.3) is 0 Å². The molecule has 3 aromatic heterocycles. The topological polar surface area (TPSA) is 72.8 Å². The molecule has 0 saturated carbocycles. The molecule has 0 aliphatic carbocycles. The molecule has 4 rings (SSSR count). The van der Waals surface area contributed by atoms with Crippen LogP contribution >= 0.6 is 0 Å². The van der Waals surface area contributed by atoms with Crippen LogP contribution in [0, 0.1) is 0 Å². The van der Waals surface area contributed by atoms with Crippen molar-refractivity contribution in [3.05, 3.63) is 88.8 Å². The van der Waals surface area contributed by atoms with Crippen molar-refractivity contribution in [1.29, 1.82) is 0 Å². The van der Waals surface area contributed by atoms with Crippen molar-refractivity contribution in [3.63, 3.8) is 0 Å². The minimum absolute atomic E-state index is 0.206. The summed E-state index contributed by atoms with van der Waals surface area (Å²) in [5.41, 5.74) is 2.50. The first kappa shape index (κ1) is 13.5. The molecule has 0 N–H and O–H groups in total. The number of hydrogen-bond acceptors (Lipinski definition) is 5. The van der Waals surface area contributed by atoms with E-state index in [1.54, 1.807) is 42.5 Å². The first-order chi connectivity index (χ1) is 11.2. The average Bonchev–Trinajstić information content (AvgIpc) is 2.60. The van der Waals surface area contributed by atoms with E-state index in [0.717, 1.165) is 11.4 Å². The van der Waals surface area contributed by atoms with E-state index in [1.165, 1.54) is 0 Å². The Morgan fingerprint density at radius 2 is 0.957 bits per heavy atom. The molecule has 0 spiro atoms. The van der Waals surface area contributed by atoms with Crippen molar-refractivity contribution in [1.82, 2.24) is 15.0 Å². The van der Waals surface area contributed by atoms with Gasteiger partial charge in [-0.25, -0.2) is 15.0 Å². The summed E-state index contributed by atoms with van der Waals surface area (Å²) >= 11 is 0. The van der Waals surface area contributed by atoms with Gasteiger partial charge in [-0.05, 0) is 36.4 Å². The van der Waals surface area contributed by atoms with Gasteiger partial charge >= 0.3 is 0 Å². The third kappa shape index (κ3) is 2.42. The number of ketones is 2. The van der Waals surface area contributed by atoms with Crippen molar-refractivity contribution >= 4 is 11.6 Å². The lowest BCUT2D eigenvalue weighted by Crippen LogP contribution is -2.14. The smallest absolute Gasteiger partial charge is 0.229 e. The minimum atomic E-state index is -0.293. The standard InChI is InChI=1S/C18H11N3O2/c22-17-13-6-1-4-11(19-13)10-12-5-2-7-14(20-12)18(23)16-9-3-8-15(17)21-16/h1-9H,10H2. The number of rotatable bonds is 0. The molecular weight excluding hydrogens is 290 g/mol. The highest BCUT2D eigenvalue weighted by atomic mass is 16.1. The van der Waals surface area contributed by atoms with Crippen LogP contribution in [0.1, 0.15) is 43.8 Å². The monoisotopic (exact) mass is 301 g/mol. The van der Waals surface area contributed by atoms with Gasteiger partial charge in [0.1, 0.15) is 22.8 Å². The number of aromatic nitrogens is 3. The van der Waals surface area contributed by atoms with Crippen molar-refractivity contribution in [2.24, 2.45) is 0 Å². The van der Waals surface area contributed by atoms with E-state index in [4.69, 9.17) is 0 Å². The Morgan fingerprint density at radius 1 is 0.565 bits per heavy atom. The van der Waals surface area contributed by atoms with E-state index in [0.29, 0.717) is 17.8 Å². The van der Waals surface area contributed by atoms with Crippen molar-refractivity contribution in [2.75, 3.05) is 0 Å². The third-order valence-corrected chi connectivity index (χ3v) is 3.66. The van der Waals surface area contributed by atoms with Crippen LogP contribution in [-0.4, -0.2) is 26.5 Å². The summed E-state index contributed by atoms with van der Waals surface area (Å²) in [6.07, 6.45) is 0.462. The van der Waals surface area contributed by atoms with Gasteiger partial charge in [-0.1, -0.05) is 18.2 Å². The maximum atomic E-state index is 12.5. The molecule has 5 nitrogen and oxygen atoms in total. The van der Waals surface area contributed by atoms with Gasteiger partial charge in [0.2, 0.25) is 11.6 Å². The molecule has 0 unspecified atom stereocenters. The summed E-state index contributed by atoms with van der Waals surface area (Å²) in [4.78, 5) is 38.1. The van der Waals surface area contributed by atoms with Crippen LogP contribution in [0.5, 0.6) is 0 Å². The summed E-state index contributed by atoms with van der Waals surface area (Å²) in [7, 11) is 0. The van der Waals surface area contributed by atoms with Crippen LogP contribution in [0.4, 0.5) is 0 Å². The minimum Gasteiger partial charge on any atom is -0.285 e. The van der Waals surface area contributed by atoms with Crippen molar-refractivity contribution < 1.29 is 9.59 Å². The molecule has 0 fully saturated rings. The number of pyridine rings is 3. The number of fused-ring (bicyclic) bond motifs is 6. The Balaban J connectivity index is 1.98. The zero-order chi connectivity index (χ0) is 15.8. The van der Waals surface area contributed by atoms with E-state index in [1.807, 2.05) is 12.1 Å². The molecule has 0 aromatic carbocycles. The van der Waals surface area contributed by atoms with E-state index < -0.39 is 0 Å². The molecule has 0 saturated heterocycles. The zero-order valence-corrected chi connectivity index (χ0v) is 12.1. The van der Waals surface area contributed by atoms with Gasteiger partial charge in [-0.3, -0.25) is 9.59 Å². The molecule has 0 atom stereocenters. The molecule has 0 radical (unpaired) electrons. The fourth-order valence-electron chi connectivity index (χ4n) is 2.54. The second kappa shape index (κ2) is 5.21. The van der Waals surface area contributed by atoms with Crippen LogP contribution in [0.15, 0.2) is 54.6 Å². The quantitative estimate of drug-likeness (QED) is 0.498. The lowest BCUT2D eigenvalue weighted by atomic mass is 10.1. The predicted octanol–water partition coefficient (Wildman–Crippen LogP) is 2.24. The fourth-order valence-corrected chi connectivity index (χ4v) is 2.54. The summed E-state index contributed by atoms with van der Waals surface area (Å²) < 4.78 is 0. The number of hydrogen-bond donors (Lipinski definition) is 0. The van der Waals surface area contributed by atoms with E-state index in [9.17, 15) is 9.59 Å². The molecule has 1 aliphatic rings. The summed E-state index contributed by atoms with van der Waals surface area (Å²) in [6, 6.07) is 15.4. The van der Waals surface area contributed by atoms with Crippen molar-refractivity contribution in [3.8, 4) is 0 Å². The SMILES string of the molecule is O=C1c2cccc(n2)Cc2cccc(n2)C(=O)c2cccc1n2. The Kier molecular flexibility index (Phi) is 3.05. The summed E-state index contributed by atoms with van der Waals surface area (Å²) in [6.45, 7) is 0. The maximum Gasteiger partial charge on any atom is 0.229 e. The fraction of sp³-hybridized carbons (Fsp3) is 0.0556. The zero-order valence-electron chi connectivity index (χ0n) is 12.1. The molecular formula is C18H11N3O2. The molecule has 3 aromatic rings. The molecule has 5 heteroatoms. The highest BCUT2D eigenvalue weighted by Crippen LogP contribution is 2.14. The average molecular weight is 301 g/mol. The van der Waals surface area contributed by atoms with Gasteiger partial charge in [-0.15, -0.1) is 0 Å². The normalized spacial score (nSPS) is 13.2. The van der Waals surface area contributed by atoms with Crippen molar-refractivity contribution in [2.45, 2.75) is 6.42 Å². The van der Waals surface area contributed by atoms with Crippen LogP contribution < -0.4 is 0 Å². The van der Waals surface area contributed by atoms with Crippen LogP contribution in [0.3, 0.4) is 0 Å². The first-order valence-corrected chi connectivity index (χ1v) is 7.19. The Hall–Kier alpha value is -3.21. The molecule has 23 heavy (non-hydrogen) atoms. The molecule has 1 aliphatic heterocycles. The van der Waals surface area contributed by atoms with E-state index >= 15 is 0 Å². The predicted molar refractivity (Wildman–Crippen MR) is 82.4 cm³/mol. The summed E-state index contributed by atoms with van der Waals surface area (Å²) in [5.74, 6) is -0.586. The van der Waals surface area contributed by atoms with Crippen LogP contribution in [-0.2, 0) is 6.42 Å². The van der Waals surface area contributed by atoms with Crippen LogP contribution in [0.25, 0.3) is 0 Å².